The fraction of sp³-hybridized carbons (Fsp3) is 0. The number of nitrogens with one attached hydrogen (secondary N) is 2. The normalized spacial score (nSPS) is 11.8. The van der Waals surface area contributed by atoms with Crippen LogP contribution in [0.25, 0.3) is 60.4 Å². The molecule has 0 spiro atoms. The largest absolute Gasteiger partial charge is 0.354 e. The minimum absolute atomic E-state index is 0.0679. The van der Waals surface area contributed by atoms with Crippen LogP contribution in [0.4, 0.5) is 0 Å². The van der Waals surface area contributed by atoms with Crippen molar-refractivity contribution in [1.82, 2.24) is 14.5 Å². The highest BCUT2D eigenvalue weighted by atomic mass is 16.1. The average molecular weight is 425 g/mol. The Morgan fingerprint density at radius 3 is 2.27 bits per heavy atom. The third kappa shape index (κ3) is 2.61. The van der Waals surface area contributed by atoms with Crippen molar-refractivity contribution in [3.05, 3.63) is 114 Å². The van der Waals surface area contributed by atoms with Crippen LogP contribution in [-0.2, 0) is 0 Å². The maximum atomic E-state index is 12.3. The summed E-state index contributed by atoms with van der Waals surface area (Å²) in [6, 6.07) is 33.9. The Balaban J connectivity index is 1.47. The van der Waals surface area contributed by atoms with Crippen LogP contribution in [0, 0.1) is 0 Å². The molecule has 0 atom stereocenters. The molecule has 4 nitrogen and oxygen atoms in total. The van der Waals surface area contributed by atoms with Crippen LogP contribution in [0.2, 0.25) is 0 Å². The summed E-state index contributed by atoms with van der Waals surface area (Å²) in [4.78, 5) is 18.5. The van der Waals surface area contributed by atoms with Gasteiger partial charge in [0.25, 0.3) is 5.56 Å². The number of benzene rings is 4. The molecule has 7 aromatic rings. The predicted molar refractivity (Wildman–Crippen MR) is 136 cm³/mol. The maximum absolute atomic E-state index is 12.3. The first-order valence-electron chi connectivity index (χ1n) is 11.0. The second-order valence-corrected chi connectivity index (χ2v) is 8.40. The third-order valence-corrected chi connectivity index (χ3v) is 6.54. The van der Waals surface area contributed by atoms with Crippen molar-refractivity contribution < 1.29 is 0 Å². The SMILES string of the molecule is O=c1[nH]ccc2[nH]c3cc(-c4ccc5c(c4)c4ccccc4n5-c4ccccc4)ccc3c12. The Bertz CT molecular complexity index is 1890. The van der Waals surface area contributed by atoms with E-state index >= 15 is 0 Å². The Kier molecular flexibility index (Phi) is 3.67. The van der Waals surface area contributed by atoms with Crippen molar-refractivity contribution in [2.45, 2.75) is 0 Å². The van der Waals surface area contributed by atoms with Gasteiger partial charge in [-0.05, 0) is 53.6 Å². The van der Waals surface area contributed by atoms with Crippen molar-refractivity contribution in [3.8, 4) is 16.8 Å². The quantitative estimate of drug-likeness (QED) is 0.315. The van der Waals surface area contributed by atoms with E-state index in [0.29, 0.717) is 5.39 Å². The Labute approximate surface area is 188 Å². The van der Waals surface area contributed by atoms with E-state index < -0.39 is 0 Å². The number of pyridine rings is 1. The molecular formula is C29H19N3O. The van der Waals surface area contributed by atoms with Gasteiger partial charge in [-0.3, -0.25) is 4.79 Å². The lowest BCUT2D eigenvalue weighted by molar-refractivity contribution is 1.18. The van der Waals surface area contributed by atoms with Crippen molar-refractivity contribution in [1.29, 1.82) is 0 Å². The van der Waals surface area contributed by atoms with Gasteiger partial charge in [0.05, 0.1) is 21.9 Å². The van der Waals surface area contributed by atoms with E-state index in [4.69, 9.17) is 0 Å². The molecule has 0 radical (unpaired) electrons. The van der Waals surface area contributed by atoms with Gasteiger partial charge in [0.15, 0.2) is 0 Å². The second kappa shape index (κ2) is 6.71. The standard InChI is InChI=1S/C29H19N3O/c33-29-28-22-12-10-19(17-25(22)31-24(28)14-15-30-29)18-11-13-27-23(16-18)21-8-4-5-9-26(21)32(27)20-6-2-1-3-7-20/h1-17,31H,(H,30,33). The van der Waals surface area contributed by atoms with Gasteiger partial charge in [-0.2, -0.15) is 0 Å². The topological polar surface area (TPSA) is 53.6 Å². The number of fused-ring (bicyclic) bond motifs is 6. The second-order valence-electron chi connectivity index (χ2n) is 8.40. The highest BCUT2D eigenvalue weighted by Crippen LogP contribution is 2.35. The minimum atomic E-state index is -0.0679. The molecule has 2 N–H and O–H groups in total. The minimum Gasteiger partial charge on any atom is -0.354 e. The third-order valence-electron chi connectivity index (χ3n) is 6.54. The lowest BCUT2D eigenvalue weighted by Gasteiger charge is -2.08. The molecule has 0 bridgehead atoms. The van der Waals surface area contributed by atoms with Crippen LogP contribution in [0.15, 0.2) is 108 Å². The van der Waals surface area contributed by atoms with Gasteiger partial charge in [-0.25, -0.2) is 0 Å². The van der Waals surface area contributed by atoms with Gasteiger partial charge in [0.1, 0.15) is 0 Å². The summed E-state index contributed by atoms with van der Waals surface area (Å²) in [5.41, 5.74) is 7.54. The first kappa shape index (κ1) is 18.0. The molecule has 156 valence electrons. The van der Waals surface area contributed by atoms with E-state index in [2.05, 4.69) is 93.4 Å². The molecule has 0 aliphatic rings. The zero-order valence-corrected chi connectivity index (χ0v) is 17.7. The summed E-state index contributed by atoms with van der Waals surface area (Å²) >= 11 is 0. The van der Waals surface area contributed by atoms with Crippen molar-refractivity contribution in [2.24, 2.45) is 0 Å². The summed E-state index contributed by atoms with van der Waals surface area (Å²) in [7, 11) is 0. The van der Waals surface area contributed by atoms with Gasteiger partial charge < -0.3 is 14.5 Å². The lowest BCUT2D eigenvalue weighted by atomic mass is 10.0. The molecule has 33 heavy (non-hydrogen) atoms. The first-order valence-corrected chi connectivity index (χ1v) is 11.0. The van der Waals surface area contributed by atoms with Gasteiger partial charge in [0.2, 0.25) is 0 Å². The Morgan fingerprint density at radius 2 is 1.36 bits per heavy atom. The van der Waals surface area contributed by atoms with Crippen molar-refractivity contribution in [3.63, 3.8) is 0 Å². The molecule has 0 aliphatic heterocycles. The summed E-state index contributed by atoms with van der Waals surface area (Å²) in [5, 5.41) is 4.11. The maximum Gasteiger partial charge on any atom is 0.258 e. The Hall–Kier alpha value is -4.57. The monoisotopic (exact) mass is 425 g/mol. The number of hydrogen-bond acceptors (Lipinski definition) is 1. The average Bonchev–Trinajstić information content (AvgIpc) is 3.40. The van der Waals surface area contributed by atoms with Gasteiger partial charge in [0, 0.05) is 33.6 Å². The molecule has 4 heteroatoms. The van der Waals surface area contributed by atoms with E-state index in [1.54, 1.807) is 6.20 Å². The van der Waals surface area contributed by atoms with Crippen LogP contribution in [-0.4, -0.2) is 14.5 Å². The number of rotatable bonds is 2. The van der Waals surface area contributed by atoms with Crippen LogP contribution < -0.4 is 5.56 Å². The van der Waals surface area contributed by atoms with Gasteiger partial charge in [-0.1, -0.05) is 54.6 Å². The number of nitrogens with zero attached hydrogens (tertiary/aromatic N) is 1. The summed E-state index contributed by atoms with van der Waals surface area (Å²) < 4.78 is 2.32. The molecule has 0 saturated heterocycles. The molecule has 0 aliphatic carbocycles. The fourth-order valence-corrected chi connectivity index (χ4v) is 5.05. The van der Waals surface area contributed by atoms with E-state index in [0.717, 1.165) is 33.2 Å². The number of aromatic nitrogens is 3. The molecule has 4 aromatic carbocycles. The molecule has 3 aromatic heterocycles. The smallest absolute Gasteiger partial charge is 0.258 e. The zero-order chi connectivity index (χ0) is 21.9. The summed E-state index contributed by atoms with van der Waals surface area (Å²) in [6.07, 6.45) is 1.68. The summed E-state index contributed by atoms with van der Waals surface area (Å²) in [5.74, 6) is 0. The predicted octanol–water partition coefficient (Wildman–Crippen LogP) is 6.77. The van der Waals surface area contributed by atoms with E-state index in [-0.39, 0.29) is 5.56 Å². The number of para-hydroxylation sites is 2. The molecule has 7 rings (SSSR count). The number of hydrogen-bond donors (Lipinski definition) is 2. The highest BCUT2D eigenvalue weighted by molar-refractivity contribution is 6.11. The first-order chi connectivity index (χ1) is 16.3. The highest BCUT2D eigenvalue weighted by Gasteiger charge is 2.14. The van der Waals surface area contributed by atoms with Crippen LogP contribution >= 0.6 is 0 Å². The van der Waals surface area contributed by atoms with E-state index in [1.165, 1.54) is 21.8 Å². The molecular weight excluding hydrogens is 406 g/mol. The Morgan fingerprint density at radius 1 is 0.606 bits per heavy atom. The molecule has 0 amide bonds. The molecule has 0 fully saturated rings. The summed E-state index contributed by atoms with van der Waals surface area (Å²) in [6.45, 7) is 0. The van der Waals surface area contributed by atoms with Crippen molar-refractivity contribution in [2.75, 3.05) is 0 Å². The van der Waals surface area contributed by atoms with Crippen LogP contribution in [0.1, 0.15) is 0 Å². The molecule has 0 saturated carbocycles. The van der Waals surface area contributed by atoms with Gasteiger partial charge >= 0.3 is 0 Å². The fourth-order valence-electron chi connectivity index (χ4n) is 5.05. The van der Waals surface area contributed by atoms with Crippen LogP contribution in [0.3, 0.4) is 0 Å². The molecule has 3 heterocycles. The lowest BCUT2D eigenvalue weighted by Crippen LogP contribution is -2.02. The van der Waals surface area contributed by atoms with E-state index in [9.17, 15) is 4.79 Å². The number of H-pyrrole nitrogens is 2. The van der Waals surface area contributed by atoms with E-state index in [1.807, 2.05) is 18.2 Å². The zero-order valence-electron chi connectivity index (χ0n) is 17.7. The molecule has 0 unspecified atom stereocenters. The number of aromatic amines is 2. The van der Waals surface area contributed by atoms with Crippen molar-refractivity contribution >= 4 is 43.6 Å². The van der Waals surface area contributed by atoms with Crippen LogP contribution in [0.5, 0.6) is 0 Å². The van der Waals surface area contributed by atoms with Gasteiger partial charge in [-0.15, -0.1) is 0 Å².